The Kier molecular flexibility index (Phi) is 4.03. The van der Waals surface area contributed by atoms with E-state index in [1.807, 2.05) is 30.3 Å². The lowest BCUT2D eigenvalue weighted by Crippen LogP contribution is -2.39. The predicted molar refractivity (Wildman–Crippen MR) is 85.1 cm³/mol. The fourth-order valence-electron chi connectivity index (χ4n) is 2.95. The molecule has 0 amide bonds. The number of aromatic nitrogens is 1. The summed E-state index contributed by atoms with van der Waals surface area (Å²) in [6, 6.07) is 12.4. The molecule has 4 nitrogen and oxygen atoms in total. The third-order valence-corrected chi connectivity index (χ3v) is 4.25. The minimum absolute atomic E-state index is 0.304. The number of benzene rings is 1. The van der Waals surface area contributed by atoms with Crippen LogP contribution in [0, 0.1) is 17.2 Å². The third kappa shape index (κ3) is 2.98. The molecule has 1 aromatic carbocycles. The van der Waals surface area contributed by atoms with Crippen LogP contribution >= 0.6 is 0 Å². The van der Waals surface area contributed by atoms with Gasteiger partial charge in [0.15, 0.2) is 0 Å². The van der Waals surface area contributed by atoms with Crippen molar-refractivity contribution < 1.29 is 0 Å². The summed E-state index contributed by atoms with van der Waals surface area (Å²) in [5, 5.41) is 17.2. The number of para-hydroxylation sites is 1. The topological polar surface area (TPSA) is 60.7 Å². The van der Waals surface area contributed by atoms with Crippen LogP contribution in [0.1, 0.15) is 25.3 Å². The van der Waals surface area contributed by atoms with Crippen molar-refractivity contribution in [3.63, 3.8) is 0 Å². The van der Waals surface area contributed by atoms with Crippen LogP contribution in [0.15, 0.2) is 30.3 Å². The molecule has 0 aliphatic carbocycles. The van der Waals surface area contributed by atoms with Gasteiger partial charge in [-0.05, 0) is 50.9 Å². The van der Waals surface area contributed by atoms with E-state index in [1.165, 1.54) is 12.8 Å². The summed E-state index contributed by atoms with van der Waals surface area (Å²) in [6.45, 7) is 4.32. The first kappa shape index (κ1) is 13.8. The molecule has 0 bridgehead atoms. The average molecular weight is 280 g/mol. The van der Waals surface area contributed by atoms with Crippen LogP contribution in [0.2, 0.25) is 0 Å². The van der Waals surface area contributed by atoms with Crippen molar-refractivity contribution in [1.29, 1.82) is 5.26 Å². The Morgan fingerprint density at radius 2 is 2.29 bits per heavy atom. The highest BCUT2D eigenvalue weighted by molar-refractivity contribution is 5.82. The van der Waals surface area contributed by atoms with Crippen molar-refractivity contribution in [2.24, 2.45) is 5.92 Å². The largest absolute Gasteiger partial charge is 0.366 e. The Morgan fingerprint density at radius 3 is 3.05 bits per heavy atom. The Labute approximate surface area is 125 Å². The van der Waals surface area contributed by atoms with E-state index in [4.69, 9.17) is 0 Å². The summed E-state index contributed by atoms with van der Waals surface area (Å²) in [6.07, 6.45) is 2.43. The zero-order valence-electron chi connectivity index (χ0n) is 12.3. The monoisotopic (exact) mass is 280 g/mol. The maximum atomic E-state index is 9.36. The number of pyridine rings is 1. The Morgan fingerprint density at radius 1 is 1.43 bits per heavy atom. The molecule has 1 aliphatic heterocycles. The van der Waals surface area contributed by atoms with E-state index in [9.17, 15) is 5.26 Å². The van der Waals surface area contributed by atoms with Crippen LogP contribution in [0.4, 0.5) is 5.82 Å². The molecule has 0 radical (unpaired) electrons. The number of nitriles is 1. The van der Waals surface area contributed by atoms with E-state index in [0.29, 0.717) is 23.3 Å². The molecule has 1 saturated heterocycles. The fourth-order valence-corrected chi connectivity index (χ4v) is 2.95. The number of piperidine rings is 1. The number of fused-ring (bicyclic) bond motifs is 1. The molecule has 4 heteroatoms. The molecule has 2 atom stereocenters. The smallest absolute Gasteiger partial charge is 0.144 e. The number of rotatable bonds is 3. The van der Waals surface area contributed by atoms with E-state index in [2.05, 4.69) is 28.6 Å². The summed E-state index contributed by atoms with van der Waals surface area (Å²) >= 11 is 0. The lowest BCUT2D eigenvalue weighted by atomic mass is 9.92. The van der Waals surface area contributed by atoms with Gasteiger partial charge in [0.25, 0.3) is 0 Å². The number of nitrogens with zero attached hydrogens (tertiary/aromatic N) is 2. The molecule has 1 aliphatic rings. The predicted octanol–water partition coefficient (Wildman–Crippen LogP) is 2.91. The van der Waals surface area contributed by atoms with Crippen LogP contribution in [-0.4, -0.2) is 24.1 Å². The van der Waals surface area contributed by atoms with Gasteiger partial charge in [-0.1, -0.05) is 18.2 Å². The summed E-state index contributed by atoms with van der Waals surface area (Å²) in [5.74, 6) is 1.29. The molecule has 2 unspecified atom stereocenters. The van der Waals surface area contributed by atoms with E-state index in [0.717, 1.165) is 24.0 Å². The first-order valence-electron chi connectivity index (χ1n) is 7.55. The molecular weight excluding hydrogens is 260 g/mol. The van der Waals surface area contributed by atoms with Crippen LogP contribution in [0.3, 0.4) is 0 Å². The molecule has 2 heterocycles. The second-order valence-electron chi connectivity index (χ2n) is 5.73. The first-order valence-corrected chi connectivity index (χ1v) is 7.55. The molecule has 1 aromatic heterocycles. The summed E-state index contributed by atoms with van der Waals surface area (Å²) in [4.78, 5) is 4.63. The van der Waals surface area contributed by atoms with E-state index in [-0.39, 0.29) is 0 Å². The van der Waals surface area contributed by atoms with Crippen LogP contribution < -0.4 is 10.6 Å². The molecule has 0 spiro atoms. The van der Waals surface area contributed by atoms with Gasteiger partial charge in [-0.15, -0.1) is 0 Å². The standard InChI is InChI=1S/C17H20N4/c1-12(14-6-4-8-19-11-14)20-17-15(10-18)9-13-5-2-3-7-16(13)21-17/h2-3,5,7,9,12,14,19H,4,6,8,11H2,1H3,(H,20,21). The van der Waals surface area contributed by atoms with Crippen LogP contribution in [-0.2, 0) is 0 Å². The Bertz CT molecular complexity index is 668. The highest BCUT2D eigenvalue weighted by Crippen LogP contribution is 2.23. The molecular formula is C17H20N4. The van der Waals surface area contributed by atoms with Gasteiger partial charge in [0.05, 0.1) is 11.1 Å². The van der Waals surface area contributed by atoms with Crippen LogP contribution in [0.25, 0.3) is 10.9 Å². The Hall–Kier alpha value is -2.12. The summed E-state index contributed by atoms with van der Waals surface area (Å²) < 4.78 is 0. The highest BCUT2D eigenvalue weighted by Gasteiger charge is 2.21. The van der Waals surface area contributed by atoms with Crippen molar-refractivity contribution in [1.82, 2.24) is 10.3 Å². The minimum Gasteiger partial charge on any atom is -0.366 e. The average Bonchev–Trinajstić information content (AvgIpc) is 2.55. The molecule has 3 rings (SSSR count). The number of hydrogen-bond acceptors (Lipinski definition) is 4. The van der Waals surface area contributed by atoms with E-state index < -0.39 is 0 Å². The van der Waals surface area contributed by atoms with Gasteiger partial charge in [0, 0.05) is 11.4 Å². The van der Waals surface area contributed by atoms with Gasteiger partial charge < -0.3 is 10.6 Å². The van der Waals surface area contributed by atoms with Crippen molar-refractivity contribution >= 4 is 16.7 Å². The molecule has 1 fully saturated rings. The lowest BCUT2D eigenvalue weighted by Gasteiger charge is -2.29. The number of hydrogen-bond donors (Lipinski definition) is 2. The van der Waals surface area contributed by atoms with E-state index >= 15 is 0 Å². The molecule has 21 heavy (non-hydrogen) atoms. The first-order chi connectivity index (χ1) is 10.3. The van der Waals surface area contributed by atoms with Crippen molar-refractivity contribution in [2.75, 3.05) is 18.4 Å². The van der Waals surface area contributed by atoms with Gasteiger partial charge >= 0.3 is 0 Å². The summed E-state index contributed by atoms with van der Waals surface area (Å²) in [5.41, 5.74) is 1.54. The molecule has 0 saturated carbocycles. The fraction of sp³-hybridized carbons (Fsp3) is 0.412. The number of anilines is 1. The normalized spacial score (nSPS) is 19.9. The van der Waals surface area contributed by atoms with Crippen molar-refractivity contribution in [2.45, 2.75) is 25.8 Å². The Balaban J connectivity index is 1.86. The second-order valence-corrected chi connectivity index (χ2v) is 5.73. The van der Waals surface area contributed by atoms with Gasteiger partial charge in [0.1, 0.15) is 11.9 Å². The maximum absolute atomic E-state index is 9.36. The van der Waals surface area contributed by atoms with Gasteiger partial charge in [-0.25, -0.2) is 4.98 Å². The molecule has 108 valence electrons. The zero-order valence-corrected chi connectivity index (χ0v) is 12.3. The third-order valence-electron chi connectivity index (χ3n) is 4.25. The zero-order chi connectivity index (χ0) is 14.7. The van der Waals surface area contributed by atoms with Crippen molar-refractivity contribution in [3.8, 4) is 6.07 Å². The summed E-state index contributed by atoms with van der Waals surface area (Å²) in [7, 11) is 0. The number of nitrogens with one attached hydrogen (secondary N) is 2. The molecule has 2 N–H and O–H groups in total. The van der Waals surface area contributed by atoms with Gasteiger partial charge in [-0.2, -0.15) is 5.26 Å². The van der Waals surface area contributed by atoms with E-state index in [1.54, 1.807) is 0 Å². The van der Waals surface area contributed by atoms with Gasteiger partial charge in [-0.3, -0.25) is 0 Å². The molecule has 2 aromatic rings. The SMILES string of the molecule is CC(Nc1nc2ccccc2cc1C#N)C1CCCNC1. The van der Waals surface area contributed by atoms with Crippen molar-refractivity contribution in [3.05, 3.63) is 35.9 Å². The van der Waals surface area contributed by atoms with Gasteiger partial charge in [0.2, 0.25) is 0 Å². The lowest BCUT2D eigenvalue weighted by molar-refractivity contribution is 0.346. The quantitative estimate of drug-likeness (QED) is 0.907. The highest BCUT2D eigenvalue weighted by atomic mass is 15.0. The second kappa shape index (κ2) is 6.11. The maximum Gasteiger partial charge on any atom is 0.144 e. The minimum atomic E-state index is 0.304. The van der Waals surface area contributed by atoms with Crippen LogP contribution in [0.5, 0.6) is 0 Å².